The Bertz CT molecular complexity index is 599. The molecule has 92 valence electrons. The summed E-state index contributed by atoms with van der Waals surface area (Å²) < 4.78 is 0.606. The monoisotopic (exact) mass is 305 g/mol. The second-order valence-electron chi connectivity index (χ2n) is 3.85. The number of nitrogens with one attached hydrogen (secondary N) is 1. The molecule has 0 fully saturated rings. The molecule has 0 saturated carbocycles. The van der Waals surface area contributed by atoms with E-state index in [1.807, 2.05) is 6.92 Å². The van der Waals surface area contributed by atoms with E-state index in [-0.39, 0.29) is 5.91 Å². The van der Waals surface area contributed by atoms with Crippen LogP contribution in [0.4, 0.5) is 11.4 Å². The molecule has 0 aliphatic heterocycles. The Morgan fingerprint density at radius 3 is 2.89 bits per heavy atom. The van der Waals surface area contributed by atoms with Crippen molar-refractivity contribution in [2.75, 3.05) is 11.1 Å². The van der Waals surface area contributed by atoms with Gasteiger partial charge in [0, 0.05) is 23.8 Å². The van der Waals surface area contributed by atoms with Gasteiger partial charge in [0.25, 0.3) is 5.91 Å². The largest absolute Gasteiger partial charge is 0.398 e. The third-order valence-corrected chi connectivity index (χ3v) is 3.43. The number of halogens is 1. The molecule has 5 heteroatoms. The van der Waals surface area contributed by atoms with Gasteiger partial charge in [0.2, 0.25) is 0 Å². The summed E-state index contributed by atoms with van der Waals surface area (Å²) in [5.74, 6) is -0.205. The average Bonchev–Trinajstić information content (AvgIpc) is 2.35. The lowest BCUT2D eigenvalue weighted by atomic mass is 10.1. The first kappa shape index (κ1) is 12.6. The zero-order valence-electron chi connectivity index (χ0n) is 9.77. The molecule has 0 spiro atoms. The molecule has 0 radical (unpaired) electrons. The maximum absolute atomic E-state index is 12.1. The van der Waals surface area contributed by atoms with Gasteiger partial charge < -0.3 is 11.1 Å². The van der Waals surface area contributed by atoms with E-state index in [1.54, 1.807) is 36.7 Å². The van der Waals surface area contributed by atoms with Gasteiger partial charge in [-0.05, 0) is 46.6 Å². The van der Waals surface area contributed by atoms with E-state index in [9.17, 15) is 4.79 Å². The molecule has 1 amide bonds. The van der Waals surface area contributed by atoms with Gasteiger partial charge in [-0.2, -0.15) is 0 Å². The van der Waals surface area contributed by atoms with Crippen LogP contribution in [0.3, 0.4) is 0 Å². The molecule has 0 unspecified atom stereocenters. The highest BCUT2D eigenvalue weighted by molar-refractivity contribution is 9.10. The van der Waals surface area contributed by atoms with Crippen molar-refractivity contribution in [3.05, 3.63) is 52.3 Å². The normalized spacial score (nSPS) is 10.1. The van der Waals surface area contributed by atoms with E-state index < -0.39 is 0 Å². The fraction of sp³-hybridized carbons (Fsp3) is 0.0769. The van der Waals surface area contributed by atoms with Crippen LogP contribution in [0, 0.1) is 6.92 Å². The molecule has 2 rings (SSSR count). The molecule has 4 nitrogen and oxygen atoms in total. The third-order valence-electron chi connectivity index (χ3n) is 2.54. The first-order valence-electron chi connectivity index (χ1n) is 5.35. The fourth-order valence-corrected chi connectivity index (χ4v) is 1.97. The highest BCUT2D eigenvalue weighted by atomic mass is 79.9. The van der Waals surface area contributed by atoms with Crippen molar-refractivity contribution in [3.63, 3.8) is 0 Å². The van der Waals surface area contributed by atoms with Crippen molar-refractivity contribution >= 4 is 33.2 Å². The molecule has 2 aromatic rings. The molecule has 18 heavy (non-hydrogen) atoms. The van der Waals surface area contributed by atoms with Crippen LogP contribution in [0.25, 0.3) is 0 Å². The number of carbonyl (C=O) groups excluding carboxylic acids is 1. The van der Waals surface area contributed by atoms with Crippen LogP contribution in [0.1, 0.15) is 15.9 Å². The van der Waals surface area contributed by atoms with Gasteiger partial charge in [0.15, 0.2) is 0 Å². The lowest BCUT2D eigenvalue weighted by Gasteiger charge is -2.09. The number of nitrogen functional groups attached to an aromatic ring is 1. The van der Waals surface area contributed by atoms with Crippen LogP contribution in [-0.4, -0.2) is 10.9 Å². The number of benzene rings is 1. The van der Waals surface area contributed by atoms with Gasteiger partial charge in [-0.3, -0.25) is 9.78 Å². The summed E-state index contributed by atoms with van der Waals surface area (Å²) >= 11 is 3.31. The van der Waals surface area contributed by atoms with E-state index in [0.717, 1.165) is 11.3 Å². The first-order valence-corrected chi connectivity index (χ1v) is 6.15. The smallest absolute Gasteiger partial charge is 0.256 e. The highest BCUT2D eigenvalue weighted by Crippen LogP contribution is 2.24. The molecule has 0 aliphatic carbocycles. The number of nitrogens with zero attached hydrogens (tertiary/aromatic N) is 1. The molecule has 1 aromatic carbocycles. The molecule has 3 N–H and O–H groups in total. The number of pyridine rings is 1. The quantitative estimate of drug-likeness (QED) is 0.838. The number of carbonyl (C=O) groups is 1. The van der Waals surface area contributed by atoms with Gasteiger partial charge in [0.1, 0.15) is 0 Å². The topological polar surface area (TPSA) is 68.0 Å². The molecule has 1 heterocycles. The van der Waals surface area contributed by atoms with Crippen molar-refractivity contribution in [2.45, 2.75) is 6.92 Å². The van der Waals surface area contributed by atoms with E-state index in [1.165, 1.54) is 0 Å². The number of anilines is 2. The highest BCUT2D eigenvalue weighted by Gasteiger charge is 2.12. The SMILES string of the molecule is Cc1cnccc1NC(=O)c1cccc(N)c1Br. The fourth-order valence-electron chi connectivity index (χ4n) is 1.53. The van der Waals surface area contributed by atoms with E-state index in [4.69, 9.17) is 5.73 Å². The lowest BCUT2D eigenvalue weighted by molar-refractivity contribution is 0.102. The van der Waals surface area contributed by atoms with Crippen LogP contribution < -0.4 is 11.1 Å². The summed E-state index contributed by atoms with van der Waals surface area (Å²) in [4.78, 5) is 16.1. The van der Waals surface area contributed by atoms with Crippen molar-refractivity contribution < 1.29 is 4.79 Å². The summed E-state index contributed by atoms with van der Waals surface area (Å²) in [6, 6.07) is 6.95. The van der Waals surface area contributed by atoms with Gasteiger partial charge in [0.05, 0.1) is 10.0 Å². The predicted octanol–water partition coefficient (Wildman–Crippen LogP) is 2.99. The minimum absolute atomic E-state index is 0.205. The molecule has 1 aromatic heterocycles. The standard InChI is InChI=1S/C13H12BrN3O/c1-8-7-16-6-5-11(8)17-13(18)9-3-2-4-10(15)12(9)14/h2-7H,15H2,1H3,(H,16,17,18). The first-order chi connectivity index (χ1) is 8.59. The zero-order valence-corrected chi connectivity index (χ0v) is 11.4. The Morgan fingerprint density at radius 1 is 1.39 bits per heavy atom. The predicted molar refractivity (Wildman–Crippen MR) is 75.5 cm³/mol. The average molecular weight is 306 g/mol. The number of hydrogen-bond acceptors (Lipinski definition) is 3. The molecular weight excluding hydrogens is 294 g/mol. The number of hydrogen-bond donors (Lipinski definition) is 2. The molecule has 0 bridgehead atoms. The van der Waals surface area contributed by atoms with E-state index >= 15 is 0 Å². The summed E-state index contributed by atoms with van der Waals surface area (Å²) in [6.07, 6.45) is 3.33. The van der Waals surface area contributed by atoms with Crippen molar-refractivity contribution in [1.29, 1.82) is 0 Å². The van der Waals surface area contributed by atoms with Crippen molar-refractivity contribution in [3.8, 4) is 0 Å². The van der Waals surface area contributed by atoms with Gasteiger partial charge >= 0.3 is 0 Å². The van der Waals surface area contributed by atoms with Crippen LogP contribution >= 0.6 is 15.9 Å². The van der Waals surface area contributed by atoms with Gasteiger partial charge in [-0.15, -0.1) is 0 Å². The van der Waals surface area contributed by atoms with E-state index in [0.29, 0.717) is 15.7 Å². The van der Waals surface area contributed by atoms with Gasteiger partial charge in [-0.25, -0.2) is 0 Å². The number of nitrogens with two attached hydrogens (primary N) is 1. The Morgan fingerprint density at radius 2 is 2.17 bits per heavy atom. The van der Waals surface area contributed by atoms with Crippen LogP contribution in [-0.2, 0) is 0 Å². The summed E-state index contributed by atoms with van der Waals surface area (Å²) in [6.45, 7) is 1.89. The van der Waals surface area contributed by atoms with Crippen molar-refractivity contribution in [1.82, 2.24) is 4.98 Å². The summed E-state index contributed by atoms with van der Waals surface area (Å²) in [7, 11) is 0. The summed E-state index contributed by atoms with van der Waals surface area (Å²) in [5, 5.41) is 2.83. The van der Waals surface area contributed by atoms with E-state index in [2.05, 4.69) is 26.2 Å². The Kier molecular flexibility index (Phi) is 3.62. The van der Waals surface area contributed by atoms with Crippen molar-refractivity contribution in [2.24, 2.45) is 0 Å². The molecule has 0 atom stereocenters. The molecular formula is C13H12BrN3O. The second kappa shape index (κ2) is 5.18. The lowest BCUT2D eigenvalue weighted by Crippen LogP contribution is -2.14. The summed E-state index contributed by atoms with van der Waals surface area (Å²) in [5.41, 5.74) is 8.44. The second-order valence-corrected chi connectivity index (χ2v) is 4.65. The Labute approximate surface area is 113 Å². The number of amides is 1. The Hall–Kier alpha value is -1.88. The maximum Gasteiger partial charge on any atom is 0.256 e. The number of aromatic nitrogens is 1. The van der Waals surface area contributed by atoms with Gasteiger partial charge in [-0.1, -0.05) is 6.07 Å². The molecule has 0 aliphatic rings. The maximum atomic E-state index is 12.1. The number of rotatable bonds is 2. The minimum atomic E-state index is -0.205. The van der Waals surface area contributed by atoms with Crippen LogP contribution in [0.5, 0.6) is 0 Å². The Balaban J connectivity index is 2.28. The minimum Gasteiger partial charge on any atom is -0.398 e. The number of aryl methyl sites for hydroxylation is 1. The molecule has 0 saturated heterocycles. The zero-order chi connectivity index (χ0) is 13.1. The van der Waals surface area contributed by atoms with Crippen LogP contribution in [0.15, 0.2) is 41.1 Å². The van der Waals surface area contributed by atoms with Crippen LogP contribution in [0.2, 0.25) is 0 Å². The third kappa shape index (κ3) is 2.51.